The maximum Gasteiger partial charge on any atom is 0.216 e. The van der Waals surface area contributed by atoms with E-state index < -0.39 is 0 Å². The average Bonchev–Trinajstić information content (AvgIpc) is 3.33. The third-order valence-corrected chi connectivity index (χ3v) is 6.78. The van der Waals surface area contributed by atoms with Crippen molar-refractivity contribution in [1.29, 1.82) is 0 Å². The molecule has 2 aromatic heterocycles. The smallest absolute Gasteiger partial charge is 0.216 e. The summed E-state index contributed by atoms with van der Waals surface area (Å²) in [5, 5.41) is 8.02. The molecule has 1 saturated heterocycles. The molecule has 7 heteroatoms. The van der Waals surface area contributed by atoms with E-state index in [1.54, 1.807) is 13.0 Å². The van der Waals surface area contributed by atoms with Crippen LogP contribution in [0.2, 0.25) is 0 Å². The molecule has 3 heterocycles. The summed E-state index contributed by atoms with van der Waals surface area (Å²) in [5.41, 5.74) is 1.51. The van der Waals surface area contributed by atoms with Gasteiger partial charge in [-0.05, 0) is 63.0 Å². The first-order valence-corrected chi connectivity index (χ1v) is 11.0. The summed E-state index contributed by atoms with van der Waals surface area (Å²) in [7, 11) is 0. The van der Waals surface area contributed by atoms with E-state index in [0.717, 1.165) is 56.4 Å². The van der Waals surface area contributed by atoms with Crippen molar-refractivity contribution in [1.82, 2.24) is 15.4 Å². The minimum atomic E-state index is -0.290. The van der Waals surface area contributed by atoms with Gasteiger partial charge in [0.25, 0.3) is 0 Å². The van der Waals surface area contributed by atoms with Gasteiger partial charge in [-0.2, -0.15) is 0 Å². The van der Waals surface area contributed by atoms with Crippen molar-refractivity contribution in [2.75, 3.05) is 26.2 Å². The van der Waals surface area contributed by atoms with Crippen LogP contribution in [0.25, 0.3) is 11.0 Å². The predicted octanol–water partition coefficient (Wildman–Crippen LogP) is 4.13. The molecule has 0 saturated carbocycles. The number of nitrogens with zero attached hydrogens (tertiary/aromatic N) is 2. The first-order valence-electron chi connectivity index (χ1n) is 10.2. The van der Waals surface area contributed by atoms with Crippen molar-refractivity contribution in [2.24, 2.45) is 0 Å². The zero-order valence-corrected chi connectivity index (χ0v) is 17.4. The number of nitrogens with one attached hydrogen (secondary N) is 1. The molecule has 0 atom stereocenters. The number of piperidine rings is 1. The lowest BCUT2D eigenvalue weighted by molar-refractivity contribution is -0.118. The van der Waals surface area contributed by atoms with Crippen LogP contribution in [0.4, 0.5) is 4.39 Å². The van der Waals surface area contributed by atoms with Crippen LogP contribution in [-0.4, -0.2) is 42.1 Å². The van der Waals surface area contributed by atoms with Gasteiger partial charge in [0, 0.05) is 47.1 Å². The molecule has 1 aromatic carbocycles. The quantitative estimate of drug-likeness (QED) is 0.630. The Morgan fingerprint density at radius 1 is 1.24 bits per heavy atom. The fourth-order valence-electron chi connectivity index (χ4n) is 3.98. The highest BCUT2D eigenvalue weighted by Gasteiger charge is 2.25. The Bertz CT molecular complexity index is 976. The van der Waals surface area contributed by atoms with E-state index in [2.05, 4.69) is 27.5 Å². The fourth-order valence-corrected chi connectivity index (χ4v) is 4.98. The monoisotopic (exact) mass is 415 g/mol. The molecule has 1 aliphatic rings. The van der Waals surface area contributed by atoms with Gasteiger partial charge in [-0.25, -0.2) is 4.39 Å². The molecule has 4 rings (SSSR count). The van der Waals surface area contributed by atoms with Crippen molar-refractivity contribution >= 4 is 28.2 Å². The molecule has 154 valence electrons. The molecule has 1 N–H and O–H groups in total. The standard InChI is InChI=1S/C22H26FN3O2S/c1-15(27)24-10-6-18-3-4-19(29-18)9-13-26-11-7-16(8-12-26)22-20-5-2-17(23)14-21(20)28-25-22/h2-5,14,16H,6-13H2,1H3,(H,24,27). The molecule has 3 aromatic rings. The van der Waals surface area contributed by atoms with Gasteiger partial charge >= 0.3 is 0 Å². The second kappa shape index (κ2) is 9.05. The third-order valence-electron chi connectivity index (χ3n) is 5.57. The molecule has 5 nitrogen and oxygen atoms in total. The minimum Gasteiger partial charge on any atom is -0.356 e. The van der Waals surface area contributed by atoms with Crippen molar-refractivity contribution in [3.8, 4) is 0 Å². The lowest BCUT2D eigenvalue weighted by atomic mass is 9.91. The predicted molar refractivity (Wildman–Crippen MR) is 113 cm³/mol. The number of rotatable bonds is 7. The third kappa shape index (κ3) is 5.03. The summed E-state index contributed by atoms with van der Waals surface area (Å²) >= 11 is 1.84. The molecular weight excluding hydrogens is 389 g/mol. The van der Waals surface area contributed by atoms with Crippen molar-refractivity contribution < 1.29 is 13.7 Å². The topological polar surface area (TPSA) is 58.4 Å². The van der Waals surface area contributed by atoms with Crippen LogP contribution >= 0.6 is 11.3 Å². The minimum absolute atomic E-state index is 0.0240. The summed E-state index contributed by atoms with van der Waals surface area (Å²) in [6, 6.07) is 9.05. The molecule has 0 radical (unpaired) electrons. The number of aromatic nitrogens is 1. The Morgan fingerprint density at radius 2 is 2.00 bits per heavy atom. The Labute approximate surface area is 173 Å². The van der Waals surface area contributed by atoms with Gasteiger partial charge in [-0.3, -0.25) is 4.79 Å². The number of amides is 1. The first kappa shape index (κ1) is 20.0. The molecule has 0 bridgehead atoms. The number of carbonyl (C=O) groups is 1. The van der Waals surface area contributed by atoms with Crippen LogP contribution in [-0.2, 0) is 17.6 Å². The highest BCUT2D eigenvalue weighted by atomic mass is 32.1. The van der Waals surface area contributed by atoms with Crippen LogP contribution in [0.15, 0.2) is 34.9 Å². The van der Waals surface area contributed by atoms with E-state index in [9.17, 15) is 9.18 Å². The van der Waals surface area contributed by atoms with Gasteiger partial charge in [0.15, 0.2) is 5.58 Å². The second-order valence-electron chi connectivity index (χ2n) is 7.68. The molecule has 1 amide bonds. The molecule has 29 heavy (non-hydrogen) atoms. The van der Waals surface area contributed by atoms with Crippen molar-refractivity contribution in [3.63, 3.8) is 0 Å². The highest BCUT2D eigenvalue weighted by Crippen LogP contribution is 2.32. The summed E-state index contributed by atoms with van der Waals surface area (Å²) in [6.07, 6.45) is 4.05. The largest absolute Gasteiger partial charge is 0.356 e. The molecule has 1 fully saturated rings. The van der Waals surface area contributed by atoms with Gasteiger partial charge in [0.1, 0.15) is 5.82 Å². The van der Waals surface area contributed by atoms with Crippen molar-refractivity contribution in [3.05, 3.63) is 51.6 Å². The van der Waals surface area contributed by atoms with E-state index in [4.69, 9.17) is 4.52 Å². The summed E-state index contributed by atoms with van der Waals surface area (Å²) in [6.45, 7) is 5.39. The van der Waals surface area contributed by atoms with Gasteiger partial charge in [-0.15, -0.1) is 11.3 Å². The molecule has 0 unspecified atom stereocenters. The number of fused-ring (bicyclic) bond motifs is 1. The van der Waals surface area contributed by atoms with Gasteiger partial charge in [0.05, 0.1) is 5.69 Å². The second-order valence-corrected chi connectivity index (χ2v) is 8.93. The van der Waals surface area contributed by atoms with Crippen LogP contribution < -0.4 is 5.32 Å². The number of hydrogen-bond donors (Lipinski definition) is 1. The number of thiophene rings is 1. The zero-order valence-electron chi connectivity index (χ0n) is 16.6. The molecule has 0 aliphatic carbocycles. The maximum atomic E-state index is 13.3. The van der Waals surface area contributed by atoms with E-state index >= 15 is 0 Å². The van der Waals surface area contributed by atoms with E-state index in [1.807, 2.05) is 11.3 Å². The van der Waals surface area contributed by atoms with Gasteiger partial charge in [-0.1, -0.05) is 5.16 Å². The summed E-state index contributed by atoms with van der Waals surface area (Å²) < 4.78 is 18.7. The van der Waals surface area contributed by atoms with Crippen molar-refractivity contribution in [2.45, 2.75) is 38.5 Å². The average molecular weight is 416 g/mol. The Morgan fingerprint density at radius 3 is 2.76 bits per heavy atom. The number of halogens is 1. The summed E-state index contributed by atoms with van der Waals surface area (Å²) in [4.78, 5) is 16.2. The van der Waals surface area contributed by atoms with Crippen LogP contribution in [0, 0.1) is 5.82 Å². The Kier molecular flexibility index (Phi) is 6.25. The number of carbonyl (C=O) groups excluding carboxylic acids is 1. The number of hydrogen-bond acceptors (Lipinski definition) is 5. The Hall–Kier alpha value is -2.25. The summed E-state index contributed by atoms with van der Waals surface area (Å²) in [5.74, 6) is 0.109. The first-order chi connectivity index (χ1) is 14.1. The van der Waals surface area contributed by atoms with Crippen LogP contribution in [0.1, 0.15) is 41.1 Å². The lowest BCUT2D eigenvalue weighted by Crippen LogP contribution is -2.34. The number of likely N-dealkylation sites (tertiary alicyclic amines) is 1. The van der Waals surface area contributed by atoms with E-state index in [0.29, 0.717) is 18.0 Å². The fraction of sp³-hybridized carbons (Fsp3) is 0.455. The van der Waals surface area contributed by atoms with Gasteiger partial charge < -0.3 is 14.7 Å². The van der Waals surface area contributed by atoms with Crippen LogP contribution in [0.3, 0.4) is 0 Å². The molecule has 0 spiro atoms. The molecular formula is C22H26FN3O2S. The van der Waals surface area contributed by atoms with Crippen LogP contribution in [0.5, 0.6) is 0 Å². The van der Waals surface area contributed by atoms with E-state index in [1.165, 1.54) is 21.9 Å². The normalized spacial score (nSPS) is 15.8. The lowest BCUT2D eigenvalue weighted by Gasteiger charge is -2.31. The maximum absolute atomic E-state index is 13.3. The highest BCUT2D eigenvalue weighted by molar-refractivity contribution is 7.12. The zero-order chi connectivity index (χ0) is 20.2. The Balaban J connectivity index is 1.25. The van der Waals surface area contributed by atoms with Gasteiger partial charge in [0.2, 0.25) is 5.91 Å². The number of benzene rings is 1. The molecule has 1 aliphatic heterocycles. The SMILES string of the molecule is CC(=O)NCCc1ccc(CCN2CCC(c3noc4cc(F)ccc34)CC2)s1. The van der Waals surface area contributed by atoms with E-state index in [-0.39, 0.29) is 11.7 Å².